The molecule has 0 fully saturated rings. The molecule has 0 spiro atoms. The van der Waals surface area contributed by atoms with Gasteiger partial charge in [-0.3, -0.25) is 9.05 Å². The molecule has 0 saturated carbocycles. The molecular formula is C36H75O4P. The van der Waals surface area contributed by atoms with Crippen LogP contribution in [0, 0.1) is 35.5 Å². The maximum absolute atomic E-state index is 13.0. The van der Waals surface area contributed by atoms with Crippen molar-refractivity contribution in [1.29, 1.82) is 0 Å². The van der Waals surface area contributed by atoms with Gasteiger partial charge < -0.3 is 4.89 Å². The van der Waals surface area contributed by atoms with Gasteiger partial charge in [-0.15, -0.1) is 0 Å². The van der Waals surface area contributed by atoms with Crippen LogP contribution in [0.1, 0.15) is 184 Å². The third-order valence-electron chi connectivity index (χ3n) is 9.33. The van der Waals surface area contributed by atoms with Gasteiger partial charge in [0.05, 0.1) is 13.2 Å². The topological polar surface area (TPSA) is 55.8 Å². The van der Waals surface area contributed by atoms with Crippen LogP contribution in [0.3, 0.4) is 0 Å². The van der Waals surface area contributed by atoms with E-state index >= 15 is 0 Å². The van der Waals surface area contributed by atoms with E-state index in [9.17, 15) is 9.46 Å². The van der Waals surface area contributed by atoms with Gasteiger partial charge in [0.25, 0.3) is 0 Å². The molecule has 0 aliphatic rings. The smallest absolute Gasteiger partial charge is 0.302 e. The minimum atomic E-state index is -4.05. The Kier molecular flexibility index (Phi) is 26.6. The lowest BCUT2D eigenvalue weighted by atomic mass is 9.90. The zero-order valence-electron chi connectivity index (χ0n) is 29.1. The molecule has 0 saturated heterocycles. The van der Waals surface area contributed by atoms with Gasteiger partial charge in [-0.25, -0.2) is 4.57 Å². The summed E-state index contributed by atoms with van der Waals surface area (Å²) >= 11 is 0. The van der Waals surface area contributed by atoms with Crippen LogP contribution >= 0.6 is 7.82 Å². The summed E-state index contributed by atoms with van der Waals surface area (Å²) < 4.78 is 24.4. The zero-order chi connectivity index (χ0) is 30.9. The molecule has 6 unspecified atom stereocenters. The van der Waals surface area contributed by atoms with E-state index in [4.69, 9.17) is 9.05 Å². The first kappa shape index (κ1) is 41.1. The number of unbranched alkanes of at least 4 members (excludes halogenated alkanes) is 2. The van der Waals surface area contributed by atoms with Crippen LogP contribution in [0.5, 0.6) is 0 Å². The Morgan fingerprint density at radius 2 is 0.756 bits per heavy atom. The second-order valence-corrected chi connectivity index (χ2v) is 15.5. The fraction of sp³-hybridized carbons (Fsp3) is 1.00. The van der Waals surface area contributed by atoms with Crippen molar-refractivity contribution < 1.29 is 18.5 Å². The van der Waals surface area contributed by atoms with E-state index in [1.807, 2.05) is 0 Å². The minimum absolute atomic E-state index is 0.329. The molecule has 0 aromatic heterocycles. The summed E-state index contributed by atoms with van der Waals surface area (Å²) in [5, 5.41) is 0. The lowest BCUT2D eigenvalue weighted by Gasteiger charge is -2.23. The Morgan fingerprint density at radius 3 is 1.07 bits per heavy atom. The Balaban J connectivity index is 4.89. The van der Waals surface area contributed by atoms with E-state index in [0.29, 0.717) is 36.9 Å². The molecule has 0 aromatic carbocycles. The largest absolute Gasteiger partial charge is 0.472 e. The first-order valence-corrected chi connectivity index (χ1v) is 19.7. The second-order valence-electron chi connectivity index (χ2n) is 14.1. The average Bonchev–Trinajstić information content (AvgIpc) is 2.91. The maximum atomic E-state index is 13.0. The second kappa shape index (κ2) is 26.5. The van der Waals surface area contributed by atoms with Gasteiger partial charge in [0.1, 0.15) is 0 Å². The van der Waals surface area contributed by atoms with Gasteiger partial charge in [0, 0.05) is 0 Å². The molecule has 4 nitrogen and oxygen atoms in total. The molecule has 0 amide bonds. The van der Waals surface area contributed by atoms with Gasteiger partial charge in [-0.05, 0) is 61.2 Å². The third-order valence-corrected chi connectivity index (χ3v) is 10.3. The first-order chi connectivity index (χ1) is 19.6. The Morgan fingerprint density at radius 1 is 0.463 bits per heavy atom. The Hall–Kier alpha value is 0.110. The van der Waals surface area contributed by atoms with Gasteiger partial charge in [-0.2, -0.15) is 0 Å². The Bertz CT molecular complexity index is 564. The zero-order valence-corrected chi connectivity index (χ0v) is 30.0. The summed E-state index contributed by atoms with van der Waals surface area (Å²) in [6.45, 7) is 19.1. The average molecular weight is 603 g/mol. The summed E-state index contributed by atoms with van der Waals surface area (Å²) in [6, 6.07) is 0. The fourth-order valence-corrected chi connectivity index (χ4v) is 7.37. The predicted molar refractivity (Wildman–Crippen MR) is 180 cm³/mol. The standard InChI is InChI=1S/C36H75O4P/c1-9-17-31(5)21-13-15-23-35(27-25-33(7)19-11-3)29-39-41(37,38)40-30-36(28-26-34(8)20-12-4)24-16-14-22-32(6)18-10-2/h31-36H,9-30H2,1-8H3,(H,37,38). The van der Waals surface area contributed by atoms with E-state index in [2.05, 4.69) is 55.4 Å². The summed E-state index contributed by atoms with van der Waals surface area (Å²) in [5.41, 5.74) is 0. The van der Waals surface area contributed by atoms with E-state index in [0.717, 1.165) is 37.5 Å². The highest BCUT2D eigenvalue weighted by Gasteiger charge is 2.26. The van der Waals surface area contributed by atoms with Crippen LogP contribution in [0.25, 0.3) is 0 Å². The van der Waals surface area contributed by atoms with Crippen LogP contribution in [0.2, 0.25) is 0 Å². The number of phosphoric acid groups is 1. The first-order valence-electron chi connectivity index (χ1n) is 18.2. The highest BCUT2D eigenvalue weighted by molar-refractivity contribution is 7.47. The van der Waals surface area contributed by atoms with Crippen molar-refractivity contribution in [3.8, 4) is 0 Å². The van der Waals surface area contributed by atoms with Crippen LogP contribution in [-0.4, -0.2) is 18.1 Å². The third kappa shape index (κ3) is 25.2. The van der Waals surface area contributed by atoms with Gasteiger partial charge in [0.15, 0.2) is 0 Å². The molecule has 0 aromatic rings. The lowest BCUT2D eigenvalue weighted by Crippen LogP contribution is -2.14. The molecule has 0 rings (SSSR count). The molecule has 248 valence electrons. The fourth-order valence-electron chi connectivity index (χ4n) is 6.50. The van der Waals surface area contributed by atoms with Crippen LogP contribution in [0.15, 0.2) is 0 Å². The van der Waals surface area contributed by atoms with E-state index in [1.54, 1.807) is 0 Å². The van der Waals surface area contributed by atoms with Crippen molar-refractivity contribution in [2.75, 3.05) is 13.2 Å². The van der Waals surface area contributed by atoms with Gasteiger partial charge in [0.2, 0.25) is 0 Å². The summed E-state index contributed by atoms with van der Waals surface area (Å²) in [4.78, 5) is 10.7. The van der Waals surface area contributed by atoms with E-state index in [-0.39, 0.29) is 0 Å². The van der Waals surface area contributed by atoms with E-state index < -0.39 is 7.82 Å². The number of phosphoric ester groups is 1. The normalized spacial score (nSPS) is 18.0. The molecule has 6 atom stereocenters. The van der Waals surface area contributed by atoms with Crippen LogP contribution < -0.4 is 0 Å². The molecule has 0 bridgehead atoms. The minimum Gasteiger partial charge on any atom is -0.302 e. The molecule has 1 N–H and O–H groups in total. The summed E-state index contributed by atoms with van der Waals surface area (Å²) in [5.74, 6) is 3.65. The van der Waals surface area contributed by atoms with Gasteiger partial charge in [-0.1, -0.05) is 158 Å². The number of hydrogen-bond acceptors (Lipinski definition) is 3. The molecule has 0 aliphatic carbocycles. The van der Waals surface area contributed by atoms with Crippen molar-refractivity contribution in [3.63, 3.8) is 0 Å². The molecular weight excluding hydrogens is 527 g/mol. The molecule has 0 heterocycles. The van der Waals surface area contributed by atoms with Gasteiger partial charge >= 0.3 is 7.82 Å². The predicted octanol–water partition coefficient (Wildman–Crippen LogP) is 12.8. The highest BCUT2D eigenvalue weighted by atomic mass is 31.2. The highest BCUT2D eigenvalue weighted by Crippen LogP contribution is 2.45. The molecule has 5 heteroatoms. The van der Waals surface area contributed by atoms with Crippen LogP contribution in [0.4, 0.5) is 0 Å². The molecule has 0 aliphatic heterocycles. The lowest BCUT2D eigenvalue weighted by molar-refractivity contribution is 0.105. The number of rotatable bonds is 30. The van der Waals surface area contributed by atoms with Crippen molar-refractivity contribution in [2.24, 2.45) is 35.5 Å². The van der Waals surface area contributed by atoms with Crippen molar-refractivity contribution >= 4 is 7.82 Å². The summed E-state index contributed by atoms with van der Waals surface area (Å²) in [6.07, 6.45) is 24.1. The SMILES string of the molecule is CCCC(C)CCCCC(CCC(C)CCC)COP(=O)(O)OCC(CCCCC(C)CCC)CCC(C)CCC. The molecule has 0 radical (unpaired) electrons. The molecule has 41 heavy (non-hydrogen) atoms. The maximum Gasteiger partial charge on any atom is 0.472 e. The van der Waals surface area contributed by atoms with E-state index in [1.165, 1.54) is 103 Å². The van der Waals surface area contributed by atoms with Crippen LogP contribution in [-0.2, 0) is 13.6 Å². The van der Waals surface area contributed by atoms with Crippen molar-refractivity contribution in [2.45, 2.75) is 184 Å². The summed E-state index contributed by atoms with van der Waals surface area (Å²) in [7, 11) is -4.05. The number of hydrogen-bond donors (Lipinski definition) is 1. The van der Waals surface area contributed by atoms with Crippen molar-refractivity contribution in [3.05, 3.63) is 0 Å². The quantitative estimate of drug-likeness (QED) is 0.0656. The monoisotopic (exact) mass is 603 g/mol. The Labute approximate surface area is 258 Å². The van der Waals surface area contributed by atoms with Crippen molar-refractivity contribution in [1.82, 2.24) is 0 Å².